The smallest absolute Gasteiger partial charge is 0.162 e. The number of carbonyl (C=O) groups excluding carboxylic acids is 1. The molecule has 1 N–H and O–H groups in total. The first-order valence-corrected chi connectivity index (χ1v) is 6.07. The molecule has 3 heteroatoms. The summed E-state index contributed by atoms with van der Waals surface area (Å²) in [4.78, 5) is 11.6. The van der Waals surface area contributed by atoms with Gasteiger partial charge in [-0.3, -0.25) is 4.79 Å². The van der Waals surface area contributed by atoms with E-state index in [1.54, 1.807) is 11.3 Å². The van der Waals surface area contributed by atoms with Gasteiger partial charge in [-0.05, 0) is 34.2 Å². The van der Waals surface area contributed by atoms with Crippen LogP contribution in [0.5, 0.6) is 0 Å². The summed E-state index contributed by atoms with van der Waals surface area (Å²) >= 11 is 1.63. The van der Waals surface area contributed by atoms with E-state index < -0.39 is 6.10 Å². The van der Waals surface area contributed by atoms with Crippen LogP contribution in [0.25, 0.3) is 0 Å². The third kappa shape index (κ3) is 3.76. The summed E-state index contributed by atoms with van der Waals surface area (Å²) < 4.78 is 0. The zero-order valence-electron chi connectivity index (χ0n) is 9.49. The molecule has 15 heavy (non-hydrogen) atoms. The molecule has 0 aliphatic rings. The maximum atomic E-state index is 11.6. The lowest BCUT2D eigenvalue weighted by Crippen LogP contribution is -2.34. The average Bonchev–Trinajstić information content (AvgIpc) is 2.63. The number of aryl methyl sites for hydroxylation is 1. The summed E-state index contributed by atoms with van der Waals surface area (Å²) in [6.45, 7) is 5.63. The van der Waals surface area contributed by atoms with Crippen LogP contribution in [0.1, 0.15) is 32.8 Å². The second-order valence-corrected chi connectivity index (χ2v) is 5.65. The Balaban J connectivity index is 2.43. The van der Waals surface area contributed by atoms with Gasteiger partial charge in [-0.15, -0.1) is 0 Å². The first-order valence-electron chi connectivity index (χ1n) is 5.13. The molecule has 0 bridgehead atoms. The minimum atomic E-state index is -0.851. The van der Waals surface area contributed by atoms with Gasteiger partial charge in [-0.1, -0.05) is 20.8 Å². The van der Waals surface area contributed by atoms with E-state index >= 15 is 0 Å². The predicted molar refractivity (Wildman–Crippen MR) is 63.1 cm³/mol. The van der Waals surface area contributed by atoms with E-state index in [1.807, 2.05) is 37.6 Å². The molecule has 0 amide bonds. The van der Waals surface area contributed by atoms with Crippen LogP contribution in [-0.4, -0.2) is 17.0 Å². The van der Waals surface area contributed by atoms with Crippen molar-refractivity contribution in [1.29, 1.82) is 0 Å². The standard InChI is InChI=1S/C12H18O2S/c1-12(2,3)11(14)10(13)5-4-9-6-7-15-8-9/h6-8,11,14H,4-5H2,1-3H3. The summed E-state index contributed by atoms with van der Waals surface area (Å²) in [5, 5.41) is 13.8. The van der Waals surface area contributed by atoms with Gasteiger partial charge in [0.15, 0.2) is 5.78 Å². The van der Waals surface area contributed by atoms with Crippen LogP contribution in [-0.2, 0) is 11.2 Å². The fourth-order valence-corrected chi connectivity index (χ4v) is 2.03. The fourth-order valence-electron chi connectivity index (χ4n) is 1.32. The van der Waals surface area contributed by atoms with Gasteiger partial charge < -0.3 is 5.11 Å². The molecule has 0 saturated heterocycles. The van der Waals surface area contributed by atoms with Gasteiger partial charge in [-0.2, -0.15) is 11.3 Å². The van der Waals surface area contributed by atoms with Gasteiger partial charge in [0.1, 0.15) is 6.10 Å². The fraction of sp³-hybridized carbons (Fsp3) is 0.583. The maximum Gasteiger partial charge on any atom is 0.162 e. The number of hydrogen-bond donors (Lipinski definition) is 1. The Kier molecular flexibility index (Phi) is 4.05. The second-order valence-electron chi connectivity index (χ2n) is 4.87. The van der Waals surface area contributed by atoms with Crippen molar-refractivity contribution in [2.75, 3.05) is 0 Å². The molecule has 2 nitrogen and oxygen atoms in total. The van der Waals surface area contributed by atoms with Crippen molar-refractivity contribution in [2.45, 2.75) is 39.7 Å². The monoisotopic (exact) mass is 226 g/mol. The minimum Gasteiger partial charge on any atom is -0.385 e. The van der Waals surface area contributed by atoms with Crippen LogP contribution in [0.4, 0.5) is 0 Å². The topological polar surface area (TPSA) is 37.3 Å². The van der Waals surface area contributed by atoms with Crippen LogP contribution in [0.3, 0.4) is 0 Å². The highest BCUT2D eigenvalue weighted by Gasteiger charge is 2.28. The van der Waals surface area contributed by atoms with Crippen molar-refractivity contribution in [3.63, 3.8) is 0 Å². The lowest BCUT2D eigenvalue weighted by Gasteiger charge is -2.24. The van der Waals surface area contributed by atoms with Crippen molar-refractivity contribution < 1.29 is 9.90 Å². The highest BCUT2D eigenvalue weighted by molar-refractivity contribution is 7.07. The van der Waals surface area contributed by atoms with Crippen molar-refractivity contribution in [3.8, 4) is 0 Å². The molecule has 84 valence electrons. The number of ketones is 1. The average molecular weight is 226 g/mol. The Morgan fingerprint density at radius 3 is 2.67 bits per heavy atom. The lowest BCUT2D eigenvalue weighted by molar-refractivity contribution is -0.132. The van der Waals surface area contributed by atoms with E-state index in [9.17, 15) is 9.90 Å². The van der Waals surface area contributed by atoms with E-state index in [-0.39, 0.29) is 11.2 Å². The Morgan fingerprint density at radius 1 is 1.53 bits per heavy atom. The number of carbonyl (C=O) groups is 1. The molecule has 0 spiro atoms. The number of aliphatic hydroxyl groups is 1. The van der Waals surface area contributed by atoms with Crippen LogP contribution < -0.4 is 0 Å². The van der Waals surface area contributed by atoms with Crippen LogP contribution in [0, 0.1) is 5.41 Å². The number of hydrogen-bond acceptors (Lipinski definition) is 3. The van der Waals surface area contributed by atoms with Crippen molar-refractivity contribution in [3.05, 3.63) is 22.4 Å². The predicted octanol–water partition coefficient (Wildman–Crippen LogP) is 2.66. The first kappa shape index (κ1) is 12.4. The molecule has 1 unspecified atom stereocenters. The summed E-state index contributed by atoms with van der Waals surface area (Å²) in [6, 6.07) is 2.02. The maximum absolute atomic E-state index is 11.6. The van der Waals surface area contributed by atoms with Crippen LogP contribution in [0.2, 0.25) is 0 Å². The molecule has 0 aliphatic heterocycles. The van der Waals surface area contributed by atoms with E-state index in [0.717, 1.165) is 6.42 Å². The molecular weight excluding hydrogens is 208 g/mol. The summed E-state index contributed by atoms with van der Waals surface area (Å²) in [7, 11) is 0. The molecule has 1 atom stereocenters. The van der Waals surface area contributed by atoms with Gasteiger partial charge in [0, 0.05) is 6.42 Å². The molecule has 1 aromatic rings. The highest BCUT2D eigenvalue weighted by Crippen LogP contribution is 2.21. The zero-order chi connectivity index (χ0) is 11.5. The molecule has 0 aliphatic carbocycles. The normalized spacial score (nSPS) is 13.9. The molecule has 0 fully saturated rings. The SMILES string of the molecule is CC(C)(C)C(O)C(=O)CCc1ccsc1. The molecule has 1 rings (SSSR count). The Morgan fingerprint density at radius 2 is 2.20 bits per heavy atom. The van der Waals surface area contributed by atoms with Gasteiger partial charge in [0.2, 0.25) is 0 Å². The zero-order valence-corrected chi connectivity index (χ0v) is 10.3. The van der Waals surface area contributed by atoms with Gasteiger partial charge >= 0.3 is 0 Å². The van der Waals surface area contributed by atoms with Crippen molar-refractivity contribution >= 4 is 17.1 Å². The quantitative estimate of drug-likeness (QED) is 0.857. The van der Waals surface area contributed by atoms with E-state index in [1.165, 1.54) is 5.56 Å². The Bertz CT molecular complexity index is 309. The third-order valence-electron chi connectivity index (χ3n) is 2.37. The molecule has 1 heterocycles. The van der Waals surface area contributed by atoms with E-state index in [0.29, 0.717) is 6.42 Å². The van der Waals surface area contributed by atoms with Crippen LogP contribution in [0.15, 0.2) is 16.8 Å². The van der Waals surface area contributed by atoms with Gasteiger partial charge in [0.05, 0.1) is 0 Å². The number of aliphatic hydroxyl groups excluding tert-OH is 1. The van der Waals surface area contributed by atoms with Gasteiger partial charge in [0.25, 0.3) is 0 Å². The Hall–Kier alpha value is -0.670. The number of Topliss-reactive ketones (excluding diaryl/α,β-unsaturated/α-hetero) is 1. The van der Waals surface area contributed by atoms with E-state index in [4.69, 9.17) is 0 Å². The summed E-state index contributed by atoms with van der Waals surface area (Å²) in [5.74, 6) is -0.0614. The molecule has 1 aromatic heterocycles. The molecule has 0 saturated carbocycles. The largest absolute Gasteiger partial charge is 0.385 e. The van der Waals surface area contributed by atoms with Crippen molar-refractivity contribution in [2.24, 2.45) is 5.41 Å². The van der Waals surface area contributed by atoms with Crippen LogP contribution >= 0.6 is 11.3 Å². The highest BCUT2D eigenvalue weighted by atomic mass is 32.1. The van der Waals surface area contributed by atoms with Gasteiger partial charge in [-0.25, -0.2) is 0 Å². The summed E-state index contributed by atoms with van der Waals surface area (Å²) in [6.07, 6.45) is 0.307. The molecular formula is C12H18O2S. The number of thiophene rings is 1. The molecule has 0 radical (unpaired) electrons. The number of rotatable bonds is 4. The Labute approximate surface area is 94.9 Å². The first-order chi connectivity index (χ1) is 6.91. The minimum absolute atomic E-state index is 0.0614. The van der Waals surface area contributed by atoms with E-state index in [2.05, 4.69) is 0 Å². The molecule has 0 aromatic carbocycles. The lowest BCUT2D eigenvalue weighted by atomic mass is 9.85. The second kappa shape index (κ2) is 4.90. The van der Waals surface area contributed by atoms with Crippen molar-refractivity contribution in [1.82, 2.24) is 0 Å². The summed E-state index contributed by atoms with van der Waals surface area (Å²) in [5.41, 5.74) is 0.820. The third-order valence-corrected chi connectivity index (χ3v) is 3.10.